The first kappa shape index (κ1) is 42.9. The van der Waals surface area contributed by atoms with Crippen molar-refractivity contribution in [2.45, 2.75) is 200 Å². The maximum Gasteiger partial charge on any atom is 0.306 e. The van der Waals surface area contributed by atoms with Crippen LogP contribution in [0.4, 0.5) is 0 Å². The summed E-state index contributed by atoms with van der Waals surface area (Å²) in [5.41, 5.74) is 0. The number of rotatable bonds is 34. The molecule has 45 heavy (non-hydrogen) atoms. The first-order chi connectivity index (χ1) is 22.1. The molecule has 0 aliphatic heterocycles. The molecule has 0 radical (unpaired) electrons. The van der Waals surface area contributed by atoms with Gasteiger partial charge in [-0.1, -0.05) is 153 Å². The van der Waals surface area contributed by atoms with E-state index in [0.717, 1.165) is 83.5 Å². The number of carboxylic acids is 1. The Morgan fingerprint density at radius 2 is 1.00 bits per heavy atom. The van der Waals surface area contributed by atoms with Gasteiger partial charge in [-0.15, -0.1) is 0 Å². The molecule has 0 fully saturated rings. The number of hydrogen-bond donors (Lipinski definition) is 1. The number of aliphatic carboxylic acids is 1. The van der Waals surface area contributed by atoms with Crippen molar-refractivity contribution in [3.05, 3.63) is 48.6 Å². The lowest BCUT2D eigenvalue weighted by atomic mass is 10.0. The van der Waals surface area contributed by atoms with E-state index in [2.05, 4.69) is 62.5 Å². The molecular formula is C41H72O4. The summed E-state index contributed by atoms with van der Waals surface area (Å²) in [6, 6.07) is 0. The molecule has 0 bridgehead atoms. The van der Waals surface area contributed by atoms with Crippen LogP contribution in [0.25, 0.3) is 0 Å². The Balaban J connectivity index is 4.08. The molecule has 0 saturated heterocycles. The van der Waals surface area contributed by atoms with E-state index in [1.807, 2.05) is 0 Å². The van der Waals surface area contributed by atoms with Crippen LogP contribution in [0.15, 0.2) is 48.6 Å². The molecule has 0 rings (SSSR count). The molecule has 0 saturated carbocycles. The molecule has 0 spiro atoms. The lowest BCUT2D eigenvalue weighted by Crippen LogP contribution is -2.16. The van der Waals surface area contributed by atoms with Crippen LogP contribution in [0, 0.1) is 0 Å². The fourth-order valence-corrected chi connectivity index (χ4v) is 5.46. The Bertz CT molecular complexity index is 763. The van der Waals surface area contributed by atoms with Crippen LogP contribution in [0.1, 0.15) is 194 Å². The Morgan fingerprint density at radius 3 is 1.58 bits per heavy atom. The maximum absolute atomic E-state index is 12.6. The summed E-state index contributed by atoms with van der Waals surface area (Å²) < 4.78 is 5.92. The van der Waals surface area contributed by atoms with Crippen molar-refractivity contribution in [1.29, 1.82) is 0 Å². The second-order valence-corrected chi connectivity index (χ2v) is 12.7. The van der Waals surface area contributed by atoms with Crippen molar-refractivity contribution in [3.63, 3.8) is 0 Å². The van der Waals surface area contributed by atoms with E-state index in [9.17, 15) is 9.59 Å². The number of hydrogen-bond acceptors (Lipinski definition) is 3. The Hall–Kier alpha value is -2.10. The zero-order chi connectivity index (χ0) is 32.9. The van der Waals surface area contributed by atoms with Gasteiger partial charge >= 0.3 is 11.9 Å². The second-order valence-electron chi connectivity index (χ2n) is 12.7. The van der Waals surface area contributed by atoms with Crippen LogP contribution in [0.5, 0.6) is 0 Å². The van der Waals surface area contributed by atoms with E-state index in [1.165, 1.54) is 83.5 Å². The van der Waals surface area contributed by atoms with Gasteiger partial charge in [-0.05, 0) is 76.7 Å². The summed E-state index contributed by atoms with van der Waals surface area (Å²) >= 11 is 0. The highest BCUT2D eigenvalue weighted by Crippen LogP contribution is 2.16. The minimum absolute atomic E-state index is 0.0479. The zero-order valence-corrected chi connectivity index (χ0v) is 29.7. The Labute approximate surface area is 279 Å². The van der Waals surface area contributed by atoms with Gasteiger partial charge in [0, 0.05) is 12.8 Å². The topological polar surface area (TPSA) is 63.6 Å². The number of carbonyl (C=O) groups excluding carboxylic acids is 1. The molecule has 0 aromatic rings. The summed E-state index contributed by atoms with van der Waals surface area (Å²) in [6.45, 7) is 4.42. The minimum Gasteiger partial charge on any atom is -0.481 e. The lowest BCUT2D eigenvalue weighted by Gasteiger charge is -2.15. The monoisotopic (exact) mass is 629 g/mol. The summed E-state index contributed by atoms with van der Waals surface area (Å²) in [7, 11) is 0. The van der Waals surface area contributed by atoms with Crippen LogP contribution in [0.2, 0.25) is 0 Å². The average Bonchev–Trinajstić information content (AvgIpc) is 3.02. The molecule has 260 valence electrons. The van der Waals surface area contributed by atoms with E-state index < -0.39 is 5.97 Å². The predicted octanol–water partition coefficient (Wildman–Crippen LogP) is 13.2. The molecule has 0 aromatic heterocycles. The fourth-order valence-electron chi connectivity index (χ4n) is 5.46. The molecule has 1 N–H and O–H groups in total. The number of unbranched alkanes of at least 4 members (excludes halogenated alkanes) is 19. The highest BCUT2D eigenvalue weighted by Gasteiger charge is 2.11. The van der Waals surface area contributed by atoms with Gasteiger partial charge < -0.3 is 9.84 Å². The molecular weight excluding hydrogens is 556 g/mol. The van der Waals surface area contributed by atoms with Crippen molar-refractivity contribution < 1.29 is 19.4 Å². The first-order valence-electron chi connectivity index (χ1n) is 19.1. The largest absolute Gasteiger partial charge is 0.481 e. The van der Waals surface area contributed by atoms with Crippen molar-refractivity contribution in [2.24, 2.45) is 0 Å². The van der Waals surface area contributed by atoms with Crippen molar-refractivity contribution in [3.8, 4) is 0 Å². The molecule has 0 aliphatic rings. The van der Waals surface area contributed by atoms with E-state index in [4.69, 9.17) is 9.84 Å². The average molecular weight is 629 g/mol. The third kappa shape index (κ3) is 36.2. The number of carboxylic acid groups (broad SMARTS) is 1. The van der Waals surface area contributed by atoms with Crippen molar-refractivity contribution in [1.82, 2.24) is 0 Å². The Kier molecular flexibility index (Phi) is 34.7. The van der Waals surface area contributed by atoms with E-state index in [0.29, 0.717) is 6.42 Å². The molecule has 4 heteroatoms. The Morgan fingerprint density at radius 1 is 0.533 bits per heavy atom. The van der Waals surface area contributed by atoms with Crippen LogP contribution in [0.3, 0.4) is 0 Å². The van der Waals surface area contributed by atoms with Gasteiger partial charge in [0.1, 0.15) is 6.10 Å². The quantitative estimate of drug-likeness (QED) is 0.0437. The van der Waals surface area contributed by atoms with Crippen LogP contribution < -0.4 is 0 Å². The highest BCUT2D eigenvalue weighted by atomic mass is 16.5. The van der Waals surface area contributed by atoms with Gasteiger partial charge in [-0.3, -0.25) is 9.59 Å². The summed E-state index contributed by atoms with van der Waals surface area (Å²) in [4.78, 5) is 23.3. The van der Waals surface area contributed by atoms with Gasteiger partial charge in [0.2, 0.25) is 0 Å². The van der Waals surface area contributed by atoms with Crippen molar-refractivity contribution >= 4 is 11.9 Å². The van der Waals surface area contributed by atoms with Crippen LogP contribution in [-0.4, -0.2) is 23.1 Å². The molecule has 0 amide bonds. The second kappa shape index (κ2) is 36.4. The van der Waals surface area contributed by atoms with Crippen LogP contribution >= 0.6 is 0 Å². The van der Waals surface area contributed by atoms with Gasteiger partial charge in [0.25, 0.3) is 0 Å². The zero-order valence-electron chi connectivity index (χ0n) is 29.7. The van der Waals surface area contributed by atoms with Crippen LogP contribution in [-0.2, 0) is 14.3 Å². The van der Waals surface area contributed by atoms with Crippen molar-refractivity contribution in [2.75, 3.05) is 0 Å². The molecule has 1 unspecified atom stereocenters. The summed E-state index contributed by atoms with van der Waals surface area (Å²) in [6.07, 6.45) is 48.5. The third-order valence-corrected chi connectivity index (χ3v) is 8.27. The van der Waals surface area contributed by atoms with Gasteiger partial charge in [0.15, 0.2) is 0 Å². The fraction of sp³-hybridized carbons (Fsp3) is 0.756. The van der Waals surface area contributed by atoms with Gasteiger partial charge in [-0.2, -0.15) is 0 Å². The lowest BCUT2D eigenvalue weighted by molar-refractivity contribution is -0.147. The van der Waals surface area contributed by atoms with Gasteiger partial charge in [-0.25, -0.2) is 0 Å². The van der Waals surface area contributed by atoms with E-state index >= 15 is 0 Å². The normalized spacial score (nSPS) is 12.8. The van der Waals surface area contributed by atoms with E-state index in [-0.39, 0.29) is 18.5 Å². The molecule has 0 heterocycles. The third-order valence-electron chi connectivity index (χ3n) is 8.27. The minimum atomic E-state index is -0.701. The summed E-state index contributed by atoms with van der Waals surface area (Å²) in [5.74, 6) is -0.749. The maximum atomic E-state index is 12.6. The first-order valence-corrected chi connectivity index (χ1v) is 19.1. The molecule has 1 atom stereocenters. The molecule has 4 nitrogen and oxygen atoms in total. The number of esters is 1. The van der Waals surface area contributed by atoms with Gasteiger partial charge in [0.05, 0.1) is 0 Å². The number of carbonyl (C=O) groups is 2. The predicted molar refractivity (Wildman–Crippen MR) is 195 cm³/mol. The standard InChI is InChI=1S/C41H72O4/c1-3-5-7-9-11-13-14-15-16-17-18-19-20-22-24-30-34-38-41(44)45-39(35-31-27-23-21-12-10-8-6-4-2)36-32-28-25-26-29-33-37-40(42)43/h5,7,11,13,15-16,31,35,39H,3-4,6,8-10,12,14,17-30,32-34,36-38H2,1-2H3,(H,42,43)/b7-5-,13-11-,16-15-,35-31-. The molecule has 0 aromatic carbocycles. The molecule has 0 aliphatic carbocycles. The number of ether oxygens (including phenoxy) is 1. The summed E-state index contributed by atoms with van der Waals surface area (Å²) in [5, 5.41) is 8.77. The highest BCUT2D eigenvalue weighted by molar-refractivity contribution is 5.69. The smallest absolute Gasteiger partial charge is 0.306 e. The number of allylic oxidation sites excluding steroid dienone is 7. The van der Waals surface area contributed by atoms with E-state index in [1.54, 1.807) is 0 Å². The SMILES string of the molecule is CC/C=C\C/C=C\C/C=C\CCCCCCCCCC(=O)OC(/C=C\CCCCCCCCC)CCCCCCCCC(=O)O.